The molecule has 0 bridgehead atoms. The number of halogens is 1. The summed E-state index contributed by atoms with van der Waals surface area (Å²) in [6.45, 7) is 7.29. The van der Waals surface area contributed by atoms with E-state index in [1.807, 2.05) is 13.8 Å². The SMILES string of the molecule is Cc1nn(CC(=O)NC(CC(C)C)C(=O)O)c(C)c1Cl. The summed E-state index contributed by atoms with van der Waals surface area (Å²) < 4.78 is 1.47. The molecule has 1 heterocycles. The van der Waals surface area contributed by atoms with Crippen molar-refractivity contribution in [2.75, 3.05) is 0 Å². The largest absolute Gasteiger partial charge is 0.480 e. The van der Waals surface area contributed by atoms with E-state index in [9.17, 15) is 9.59 Å². The Morgan fingerprint density at radius 3 is 2.40 bits per heavy atom. The number of aromatic nitrogens is 2. The summed E-state index contributed by atoms with van der Waals surface area (Å²) in [4.78, 5) is 23.0. The number of nitrogens with zero attached hydrogens (tertiary/aromatic N) is 2. The van der Waals surface area contributed by atoms with Gasteiger partial charge in [0, 0.05) is 0 Å². The molecule has 1 aromatic heterocycles. The molecule has 0 aliphatic rings. The van der Waals surface area contributed by atoms with Gasteiger partial charge in [0.15, 0.2) is 0 Å². The maximum atomic E-state index is 11.9. The Bertz CT molecular complexity index is 511. The van der Waals surface area contributed by atoms with Crippen molar-refractivity contribution in [3.8, 4) is 0 Å². The number of amides is 1. The Morgan fingerprint density at radius 2 is 2.00 bits per heavy atom. The predicted octanol–water partition coefficient (Wildman–Crippen LogP) is 1.77. The molecule has 0 aliphatic heterocycles. The highest BCUT2D eigenvalue weighted by molar-refractivity contribution is 6.31. The van der Waals surface area contributed by atoms with E-state index >= 15 is 0 Å². The first-order chi connectivity index (χ1) is 9.22. The highest BCUT2D eigenvalue weighted by Gasteiger charge is 2.22. The molecule has 112 valence electrons. The number of aliphatic carboxylic acids is 1. The Morgan fingerprint density at radius 1 is 1.40 bits per heavy atom. The van der Waals surface area contributed by atoms with Gasteiger partial charge in [-0.05, 0) is 26.2 Å². The van der Waals surface area contributed by atoms with Crippen LogP contribution in [0.15, 0.2) is 0 Å². The zero-order chi connectivity index (χ0) is 15.4. The predicted molar refractivity (Wildman–Crippen MR) is 75.7 cm³/mol. The van der Waals surface area contributed by atoms with E-state index in [4.69, 9.17) is 16.7 Å². The fourth-order valence-corrected chi connectivity index (χ4v) is 2.03. The molecule has 6 nitrogen and oxygen atoms in total. The van der Waals surface area contributed by atoms with Crippen LogP contribution in [-0.2, 0) is 16.1 Å². The molecule has 0 spiro atoms. The molecule has 20 heavy (non-hydrogen) atoms. The zero-order valence-corrected chi connectivity index (χ0v) is 12.9. The van der Waals surface area contributed by atoms with Crippen LogP contribution in [0.25, 0.3) is 0 Å². The quantitative estimate of drug-likeness (QED) is 0.838. The fourth-order valence-electron chi connectivity index (χ4n) is 1.90. The van der Waals surface area contributed by atoms with Crippen LogP contribution in [0.1, 0.15) is 31.7 Å². The first kappa shape index (κ1) is 16.5. The first-order valence-electron chi connectivity index (χ1n) is 6.44. The maximum absolute atomic E-state index is 11.9. The lowest BCUT2D eigenvalue weighted by Crippen LogP contribution is -2.43. The summed E-state index contributed by atoms with van der Waals surface area (Å²) in [5.41, 5.74) is 1.34. The smallest absolute Gasteiger partial charge is 0.326 e. The lowest BCUT2D eigenvalue weighted by Gasteiger charge is -2.16. The molecule has 0 saturated heterocycles. The van der Waals surface area contributed by atoms with Gasteiger partial charge in [0.25, 0.3) is 0 Å². The van der Waals surface area contributed by atoms with Crippen molar-refractivity contribution >= 4 is 23.5 Å². The molecule has 1 rings (SSSR count). The average molecular weight is 302 g/mol. The Labute approximate surface area is 123 Å². The molecule has 1 atom stereocenters. The summed E-state index contributed by atoms with van der Waals surface area (Å²) in [6.07, 6.45) is 0.388. The Kier molecular flexibility index (Phi) is 5.56. The monoisotopic (exact) mass is 301 g/mol. The van der Waals surface area contributed by atoms with E-state index in [1.54, 1.807) is 13.8 Å². The van der Waals surface area contributed by atoms with E-state index in [-0.39, 0.29) is 18.4 Å². The van der Waals surface area contributed by atoms with E-state index in [2.05, 4.69) is 10.4 Å². The van der Waals surface area contributed by atoms with E-state index in [1.165, 1.54) is 4.68 Å². The van der Waals surface area contributed by atoms with E-state index in [0.717, 1.165) is 0 Å². The van der Waals surface area contributed by atoms with Crippen molar-refractivity contribution in [3.05, 3.63) is 16.4 Å². The Balaban J connectivity index is 2.70. The van der Waals surface area contributed by atoms with Crippen molar-refractivity contribution in [1.82, 2.24) is 15.1 Å². The lowest BCUT2D eigenvalue weighted by atomic mass is 10.0. The number of aryl methyl sites for hydroxylation is 1. The summed E-state index contributed by atoms with van der Waals surface area (Å²) in [5, 5.41) is 16.3. The molecule has 1 amide bonds. The average Bonchev–Trinajstić information content (AvgIpc) is 2.55. The number of carboxylic acids is 1. The number of carbonyl (C=O) groups excluding carboxylic acids is 1. The van der Waals surface area contributed by atoms with Crippen LogP contribution in [0.2, 0.25) is 5.02 Å². The number of carbonyl (C=O) groups is 2. The standard InChI is InChI=1S/C13H20ClN3O3/c1-7(2)5-10(13(19)20)15-11(18)6-17-9(4)12(14)8(3)16-17/h7,10H,5-6H2,1-4H3,(H,15,18)(H,19,20). The van der Waals surface area contributed by atoms with Gasteiger partial charge in [-0.2, -0.15) is 5.10 Å². The van der Waals surface area contributed by atoms with Gasteiger partial charge < -0.3 is 10.4 Å². The van der Waals surface area contributed by atoms with Gasteiger partial charge in [0.1, 0.15) is 12.6 Å². The van der Waals surface area contributed by atoms with Gasteiger partial charge in [-0.3, -0.25) is 9.48 Å². The topological polar surface area (TPSA) is 84.2 Å². The molecule has 0 fully saturated rings. The van der Waals surface area contributed by atoms with Crippen molar-refractivity contribution < 1.29 is 14.7 Å². The lowest BCUT2D eigenvalue weighted by molar-refractivity contribution is -0.142. The van der Waals surface area contributed by atoms with Crippen LogP contribution in [0.4, 0.5) is 0 Å². The van der Waals surface area contributed by atoms with Crippen molar-refractivity contribution in [1.29, 1.82) is 0 Å². The first-order valence-corrected chi connectivity index (χ1v) is 6.81. The normalized spacial score (nSPS) is 12.5. The minimum Gasteiger partial charge on any atom is -0.480 e. The number of carboxylic acid groups (broad SMARTS) is 1. The van der Waals surface area contributed by atoms with Crippen LogP contribution < -0.4 is 5.32 Å². The number of rotatable bonds is 6. The third kappa shape index (κ3) is 4.23. The molecular weight excluding hydrogens is 282 g/mol. The highest BCUT2D eigenvalue weighted by Crippen LogP contribution is 2.18. The van der Waals surface area contributed by atoms with Gasteiger partial charge >= 0.3 is 5.97 Å². The minimum atomic E-state index is -1.03. The van der Waals surface area contributed by atoms with E-state index < -0.39 is 12.0 Å². The zero-order valence-electron chi connectivity index (χ0n) is 12.1. The highest BCUT2D eigenvalue weighted by atomic mass is 35.5. The Hall–Kier alpha value is -1.56. The van der Waals surface area contributed by atoms with Gasteiger partial charge in [-0.25, -0.2) is 4.79 Å². The summed E-state index contributed by atoms with van der Waals surface area (Å²) in [5.74, 6) is -1.24. The van der Waals surface area contributed by atoms with Crippen molar-refractivity contribution in [3.63, 3.8) is 0 Å². The third-order valence-electron chi connectivity index (χ3n) is 2.93. The minimum absolute atomic E-state index is 0.0404. The maximum Gasteiger partial charge on any atom is 0.326 e. The molecular formula is C13H20ClN3O3. The second kappa shape index (κ2) is 6.74. The molecule has 2 N–H and O–H groups in total. The van der Waals surface area contributed by atoms with Gasteiger partial charge in [-0.1, -0.05) is 25.4 Å². The van der Waals surface area contributed by atoms with E-state index in [0.29, 0.717) is 22.8 Å². The molecule has 1 unspecified atom stereocenters. The number of nitrogens with one attached hydrogen (secondary N) is 1. The molecule has 0 aromatic carbocycles. The van der Waals surface area contributed by atoms with Crippen LogP contribution in [0, 0.1) is 19.8 Å². The van der Waals surface area contributed by atoms with Crippen LogP contribution in [0.5, 0.6) is 0 Å². The van der Waals surface area contributed by atoms with Gasteiger partial charge in [0.05, 0.1) is 16.4 Å². The molecule has 0 radical (unpaired) electrons. The van der Waals surface area contributed by atoms with Crippen molar-refractivity contribution in [2.24, 2.45) is 5.92 Å². The summed E-state index contributed by atoms with van der Waals surface area (Å²) in [7, 11) is 0. The summed E-state index contributed by atoms with van der Waals surface area (Å²) in [6, 6.07) is -0.880. The third-order valence-corrected chi connectivity index (χ3v) is 3.47. The van der Waals surface area contributed by atoms with Crippen LogP contribution in [-0.4, -0.2) is 32.8 Å². The fraction of sp³-hybridized carbons (Fsp3) is 0.615. The molecule has 0 saturated carbocycles. The van der Waals surface area contributed by atoms with Crippen LogP contribution in [0.3, 0.4) is 0 Å². The number of hydrogen-bond acceptors (Lipinski definition) is 3. The van der Waals surface area contributed by atoms with Gasteiger partial charge in [-0.15, -0.1) is 0 Å². The molecule has 7 heteroatoms. The second-order valence-corrected chi connectivity index (χ2v) is 5.61. The second-order valence-electron chi connectivity index (χ2n) is 5.23. The van der Waals surface area contributed by atoms with Crippen molar-refractivity contribution in [2.45, 2.75) is 46.7 Å². The molecule has 1 aromatic rings. The number of hydrogen-bond donors (Lipinski definition) is 2. The summed E-state index contributed by atoms with van der Waals surface area (Å²) >= 11 is 6.00. The van der Waals surface area contributed by atoms with Gasteiger partial charge in [0.2, 0.25) is 5.91 Å². The molecule has 0 aliphatic carbocycles. The van der Waals surface area contributed by atoms with Crippen LogP contribution >= 0.6 is 11.6 Å².